The number of para-hydroxylation sites is 1. The van der Waals surface area contributed by atoms with E-state index < -0.39 is 0 Å². The Morgan fingerprint density at radius 1 is 0.897 bits per heavy atom. The molecule has 29 heavy (non-hydrogen) atoms. The molecule has 0 fully saturated rings. The molecule has 0 saturated heterocycles. The Labute approximate surface area is 169 Å². The van der Waals surface area contributed by atoms with E-state index in [4.69, 9.17) is 0 Å². The summed E-state index contributed by atoms with van der Waals surface area (Å²) >= 11 is 0. The van der Waals surface area contributed by atoms with Gasteiger partial charge in [0.15, 0.2) is 0 Å². The average Bonchev–Trinajstić information content (AvgIpc) is 3.04. The molecule has 0 bridgehead atoms. The van der Waals surface area contributed by atoms with Crippen LogP contribution in [0.25, 0.3) is 6.08 Å². The number of amides is 2. The van der Waals surface area contributed by atoms with Gasteiger partial charge in [0, 0.05) is 11.3 Å². The molecular formula is C24H19N3O2. The van der Waals surface area contributed by atoms with E-state index in [1.807, 2.05) is 85.8 Å². The Morgan fingerprint density at radius 3 is 2.17 bits per heavy atom. The molecule has 0 aliphatic carbocycles. The van der Waals surface area contributed by atoms with E-state index in [0.29, 0.717) is 22.5 Å². The number of hydrogen-bond donors (Lipinski definition) is 1. The predicted octanol–water partition coefficient (Wildman–Crippen LogP) is 4.75. The first-order chi connectivity index (χ1) is 14.1. The molecule has 0 saturated carbocycles. The number of hydrogen-bond acceptors (Lipinski definition) is 3. The van der Waals surface area contributed by atoms with E-state index in [0.717, 1.165) is 11.3 Å². The first-order valence-electron chi connectivity index (χ1n) is 9.25. The molecule has 5 nitrogen and oxygen atoms in total. The third-order valence-corrected chi connectivity index (χ3v) is 4.58. The number of carbonyl (C=O) groups excluding carboxylic acids is 2. The Morgan fingerprint density at radius 2 is 1.52 bits per heavy atom. The Bertz CT molecular complexity index is 1100. The van der Waals surface area contributed by atoms with Gasteiger partial charge in [-0.15, -0.1) is 0 Å². The highest BCUT2D eigenvalue weighted by Crippen LogP contribution is 2.25. The van der Waals surface area contributed by atoms with Crippen LogP contribution in [0.4, 0.5) is 11.4 Å². The Kier molecular flexibility index (Phi) is 5.03. The maximum absolute atomic E-state index is 12.8. The van der Waals surface area contributed by atoms with Gasteiger partial charge in [0.1, 0.15) is 0 Å². The van der Waals surface area contributed by atoms with Gasteiger partial charge in [-0.1, -0.05) is 48.5 Å². The zero-order valence-electron chi connectivity index (χ0n) is 15.9. The molecule has 0 atom stereocenters. The topological polar surface area (TPSA) is 61.8 Å². The zero-order chi connectivity index (χ0) is 20.2. The summed E-state index contributed by atoms with van der Waals surface area (Å²) in [6.07, 6.45) is 1.81. The summed E-state index contributed by atoms with van der Waals surface area (Å²) in [4.78, 5) is 25.0. The monoisotopic (exact) mass is 381 g/mol. The van der Waals surface area contributed by atoms with E-state index in [1.54, 1.807) is 12.1 Å². The lowest BCUT2D eigenvalue weighted by Crippen LogP contribution is -2.21. The minimum absolute atomic E-state index is 0.157. The summed E-state index contributed by atoms with van der Waals surface area (Å²) in [5.41, 5.74) is 4.10. The molecule has 0 aromatic heterocycles. The fourth-order valence-corrected chi connectivity index (χ4v) is 3.05. The van der Waals surface area contributed by atoms with Crippen LogP contribution in [0.1, 0.15) is 22.8 Å². The molecule has 1 aliphatic rings. The van der Waals surface area contributed by atoms with Crippen molar-refractivity contribution in [2.24, 2.45) is 5.10 Å². The molecular weight excluding hydrogens is 362 g/mol. The summed E-state index contributed by atoms with van der Waals surface area (Å²) < 4.78 is 0. The van der Waals surface area contributed by atoms with Gasteiger partial charge in [0.2, 0.25) is 0 Å². The van der Waals surface area contributed by atoms with Crippen LogP contribution in [-0.2, 0) is 4.79 Å². The first-order valence-corrected chi connectivity index (χ1v) is 9.25. The standard InChI is InChI=1S/C24H19N3O2/c1-17-22(24(29)27(26-17)21-10-6-3-7-11-21)16-18-12-14-20(15-13-18)25-23(28)19-8-4-2-5-9-19/h2-16H,1H3,(H,25,28)/b22-16-. The Hall–Kier alpha value is -3.99. The van der Waals surface area contributed by atoms with Crippen molar-refractivity contribution in [3.05, 3.63) is 102 Å². The molecule has 0 unspecified atom stereocenters. The van der Waals surface area contributed by atoms with Crippen molar-refractivity contribution < 1.29 is 9.59 Å². The fraction of sp³-hybridized carbons (Fsp3) is 0.0417. The largest absolute Gasteiger partial charge is 0.322 e. The van der Waals surface area contributed by atoms with Gasteiger partial charge in [-0.05, 0) is 55.0 Å². The van der Waals surface area contributed by atoms with Crippen molar-refractivity contribution in [2.75, 3.05) is 10.3 Å². The average molecular weight is 381 g/mol. The SMILES string of the molecule is CC1=NN(c2ccccc2)C(=O)/C1=C\c1ccc(NC(=O)c2ccccc2)cc1. The van der Waals surface area contributed by atoms with Crippen LogP contribution in [-0.4, -0.2) is 17.5 Å². The lowest BCUT2D eigenvalue weighted by molar-refractivity contribution is -0.114. The predicted molar refractivity (Wildman–Crippen MR) is 116 cm³/mol. The smallest absolute Gasteiger partial charge is 0.280 e. The second kappa shape index (κ2) is 7.94. The van der Waals surface area contributed by atoms with Crippen molar-refractivity contribution in [3.8, 4) is 0 Å². The quantitative estimate of drug-likeness (QED) is 0.663. The van der Waals surface area contributed by atoms with E-state index in [1.165, 1.54) is 5.01 Å². The van der Waals surface area contributed by atoms with Crippen LogP contribution in [0.3, 0.4) is 0 Å². The number of nitrogens with zero attached hydrogens (tertiary/aromatic N) is 2. The molecule has 3 aromatic carbocycles. The third kappa shape index (κ3) is 3.99. The molecule has 0 spiro atoms. The van der Waals surface area contributed by atoms with E-state index in [-0.39, 0.29) is 11.8 Å². The van der Waals surface area contributed by atoms with Crippen LogP contribution < -0.4 is 10.3 Å². The number of nitrogens with one attached hydrogen (secondary N) is 1. The van der Waals surface area contributed by atoms with Crippen LogP contribution in [0, 0.1) is 0 Å². The van der Waals surface area contributed by atoms with Gasteiger partial charge in [0.05, 0.1) is 17.0 Å². The lowest BCUT2D eigenvalue weighted by Gasteiger charge is -2.11. The van der Waals surface area contributed by atoms with Gasteiger partial charge in [-0.3, -0.25) is 9.59 Å². The second-order valence-electron chi connectivity index (χ2n) is 6.64. The van der Waals surface area contributed by atoms with Gasteiger partial charge in [0.25, 0.3) is 11.8 Å². The highest BCUT2D eigenvalue weighted by molar-refractivity contribution is 6.32. The maximum Gasteiger partial charge on any atom is 0.280 e. The maximum atomic E-state index is 12.8. The van der Waals surface area contributed by atoms with Crippen molar-refractivity contribution in [1.29, 1.82) is 0 Å². The zero-order valence-corrected chi connectivity index (χ0v) is 15.9. The minimum Gasteiger partial charge on any atom is -0.322 e. The fourth-order valence-electron chi connectivity index (χ4n) is 3.05. The molecule has 142 valence electrons. The summed E-state index contributed by atoms with van der Waals surface area (Å²) in [5, 5.41) is 8.66. The minimum atomic E-state index is -0.163. The van der Waals surface area contributed by atoms with Gasteiger partial charge >= 0.3 is 0 Å². The highest BCUT2D eigenvalue weighted by atomic mass is 16.2. The number of hydrazone groups is 1. The number of carbonyl (C=O) groups is 2. The van der Waals surface area contributed by atoms with Crippen molar-refractivity contribution in [3.63, 3.8) is 0 Å². The molecule has 4 rings (SSSR count). The Balaban J connectivity index is 1.50. The van der Waals surface area contributed by atoms with Crippen LogP contribution >= 0.6 is 0 Å². The lowest BCUT2D eigenvalue weighted by atomic mass is 10.1. The molecule has 1 aliphatic heterocycles. The molecule has 5 heteroatoms. The van der Waals surface area contributed by atoms with E-state index in [9.17, 15) is 9.59 Å². The van der Waals surface area contributed by atoms with Gasteiger partial charge in [-0.2, -0.15) is 10.1 Å². The normalized spacial score (nSPS) is 14.8. The summed E-state index contributed by atoms with van der Waals surface area (Å²) in [6.45, 7) is 1.82. The summed E-state index contributed by atoms with van der Waals surface area (Å²) in [6, 6.07) is 25.7. The van der Waals surface area contributed by atoms with Crippen LogP contribution in [0.2, 0.25) is 0 Å². The van der Waals surface area contributed by atoms with Crippen LogP contribution in [0.15, 0.2) is 95.6 Å². The number of benzene rings is 3. The number of anilines is 2. The summed E-state index contributed by atoms with van der Waals surface area (Å²) in [7, 11) is 0. The third-order valence-electron chi connectivity index (χ3n) is 4.58. The molecule has 0 radical (unpaired) electrons. The van der Waals surface area contributed by atoms with Crippen molar-refractivity contribution >= 4 is 35.0 Å². The van der Waals surface area contributed by atoms with Crippen molar-refractivity contribution in [2.45, 2.75) is 6.92 Å². The molecule has 2 amide bonds. The highest BCUT2D eigenvalue weighted by Gasteiger charge is 2.28. The van der Waals surface area contributed by atoms with Gasteiger partial charge in [-0.25, -0.2) is 0 Å². The first kappa shape index (κ1) is 18.4. The van der Waals surface area contributed by atoms with Crippen molar-refractivity contribution in [1.82, 2.24) is 0 Å². The van der Waals surface area contributed by atoms with E-state index in [2.05, 4.69) is 10.4 Å². The van der Waals surface area contributed by atoms with Gasteiger partial charge < -0.3 is 5.32 Å². The summed E-state index contributed by atoms with van der Waals surface area (Å²) in [5.74, 6) is -0.320. The van der Waals surface area contributed by atoms with Crippen LogP contribution in [0.5, 0.6) is 0 Å². The second-order valence-corrected chi connectivity index (χ2v) is 6.64. The molecule has 1 N–H and O–H groups in total. The molecule has 1 heterocycles. The molecule has 3 aromatic rings. The number of rotatable bonds is 4. The van der Waals surface area contributed by atoms with E-state index >= 15 is 0 Å².